The summed E-state index contributed by atoms with van der Waals surface area (Å²) in [6.45, 7) is 7.05. The molecular weight excluding hydrogens is 489 g/mol. The van der Waals surface area contributed by atoms with E-state index >= 15 is 0 Å². The molecule has 9 nitrogen and oxygen atoms in total. The summed E-state index contributed by atoms with van der Waals surface area (Å²) in [6.07, 6.45) is 4.78. The van der Waals surface area contributed by atoms with Crippen molar-refractivity contribution in [3.05, 3.63) is 33.9 Å². The zero-order valence-electron chi connectivity index (χ0n) is 19.8. The lowest BCUT2D eigenvalue weighted by Gasteiger charge is -2.29. The number of hydrogen-bond acceptors (Lipinski definition) is 5. The minimum Gasteiger partial charge on any atom is -0.381 e. The number of carbonyl (C=O) groups excluding carboxylic acids is 1. The van der Waals surface area contributed by atoms with Crippen molar-refractivity contribution in [3.63, 3.8) is 0 Å². The number of aliphatic imine (C=N–C) groups is 2. The van der Waals surface area contributed by atoms with Crippen molar-refractivity contribution in [1.29, 1.82) is 0 Å². The van der Waals surface area contributed by atoms with Crippen molar-refractivity contribution < 1.29 is 9.53 Å². The number of guanidine groups is 1. The maximum atomic E-state index is 11.7. The number of hydrogen-bond donors (Lipinski definition) is 3. The predicted molar refractivity (Wildman–Crippen MR) is 141 cm³/mol. The van der Waals surface area contributed by atoms with Crippen LogP contribution in [0.5, 0.6) is 0 Å². The molecule has 11 heteroatoms. The number of carbonyl (C=O) groups is 1. The van der Waals surface area contributed by atoms with Crippen LogP contribution >= 0.6 is 23.2 Å². The van der Waals surface area contributed by atoms with Crippen molar-refractivity contribution in [2.45, 2.75) is 57.5 Å². The number of ether oxygens (including phenoxy) is 1. The third-order valence-electron chi connectivity index (χ3n) is 6.61. The molecule has 4 rings (SSSR count). The van der Waals surface area contributed by atoms with Crippen molar-refractivity contribution >= 4 is 59.2 Å². The lowest BCUT2D eigenvalue weighted by Crippen LogP contribution is -2.38. The Hall–Kier alpha value is -2.62. The van der Waals surface area contributed by atoms with Crippen LogP contribution in [0.25, 0.3) is 0 Å². The van der Waals surface area contributed by atoms with Crippen molar-refractivity contribution in [3.8, 4) is 0 Å². The minimum atomic E-state index is -0.239. The quantitative estimate of drug-likeness (QED) is 0.369. The maximum Gasteiger partial charge on any atom is 0.224 e. The van der Waals surface area contributed by atoms with Crippen LogP contribution in [-0.2, 0) is 9.53 Å². The van der Waals surface area contributed by atoms with Gasteiger partial charge in [0.25, 0.3) is 0 Å². The van der Waals surface area contributed by atoms with Crippen LogP contribution in [0, 0.1) is 12.8 Å². The molecule has 2 fully saturated rings. The summed E-state index contributed by atoms with van der Waals surface area (Å²) in [5, 5.41) is 7.69. The van der Waals surface area contributed by atoms with Gasteiger partial charge in [-0.3, -0.25) is 9.36 Å². The number of benzene rings is 1. The monoisotopic (exact) mass is 519 g/mol. The number of primary amides is 1. The molecule has 1 amide bonds. The van der Waals surface area contributed by atoms with Gasteiger partial charge in [0, 0.05) is 36.9 Å². The van der Waals surface area contributed by atoms with Crippen LogP contribution in [0.4, 0.5) is 17.5 Å². The van der Waals surface area contributed by atoms with Gasteiger partial charge in [-0.25, -0.2) is 9.98 Å². The lowest BCUT2D eigenvalue weighted by molar-refractivity contribution is -0.122. The van der Waals surface area contributed by atoms with E-state index in [1.165, 1.54) is 0 Å². The largest absolute Gasteiger partial charge is 0.381 e. The van der Waals surface area contributed by atoms with Gasteiger partial charge in [0.15, 0.2) is 5.82 Å². The molecule has 2 heterocycles. The molecule has 1 saturated heterocycles. The molecule has 1 aromatic carbocycles. The van der Waals surface area contributed by atoms with Gasteiger partial charge in [-0.2, -0.15) is 4.99 Å². The van der Waals surface area contributed by atoms with Crippen LogP contribution in [0.3, 0.4) is 0 Å². The van der Waals surface area contributed by atoms with E-state index in [0.29, 0.717) is 41.0 Å². The summed E-state index contributed by atoms with van der Waals surface area (Å²) in [5.41, 5.74) is 7.07. The Balaban J connectivity index is 1.68. The fraction of sp³-hybridized carbons (Fsp3) is 0.500. The maximum absolute atomic E-state index is 11.7. The van der Waals surface area contributed by atoms with Gasteiger partial charge in [-0.15, -0.1) is 0 Å². The molecule has 1 aliphatic carbocycles. The number of anilines is 2. The second-order valence-electron chi connectivity index (χ2n) is 9.00. The molecule has 2 aromatic rings. The second kappa shape index (κ2) is 11.4. The fourth-order valence-corrected chi connectivity index (χ4v) is 4.96. The molecular formula is C24H31Cl2N7O2. The van der Waals surface area contributed by atoms with Crippen LogP contribution in [0.1, 0.15) is 50.3 Å². The van der Waals surface area contributed by atoms with Gasteiger partial charge in [0.1, 0.15) is 0 Å². The third kappa shape index (κ3) is 6.15. The molecule has 1 saturated carbocycles. The Morgan fingerprint density at radius 2 is 1.89 bits per heavy atom. The van der Waals surface area contributed by atoms with Crippen LogP contribution in [0.2, 0.25) is 10.0 Å². The summed E-state index contributed by atoms with van der Waals surface area (Å²) >= 11 is 12.3. The average molecular weight is 520 g/mol. The van der Waals surface area contributed by atoms with Gasteiger partial charge in [-0.05, 0) is 70.4 Å². The highest BCUT2D eigenvalue weighted by atomic mass is 35.5. The molecule has 4 N–H and O–H groups in total. The SMILES string of the molecule is C=N/C(=N\c1c(C)nc(Nc2ccc(Cl)c(Cl)c2)n1[C@H]1CC[C@@H](C(N)=O)CC1)NC1CCOCC1. The van der Waals surface area contributed by atoms with E-state index < -0.39 is 0 Å². The number of nitrogens with zero attached hydrogens (tertiary/aromatic N) is 4. The van der Waals surface area contributed by atoms with Crippen molar-refractivity contribution in [2.75, 3.05) is 18.5 Å². The van der Waals surface area contributed by atoms with E-state index in [2.05, 4.69) is 26.9 Å². The molecule has 0 bridgehead atoms. The zero-order chi connectivity index (χ0) is 24.9. The van der Waals surface area contributed by atoms with Gasteiger partial charge in [0.05, 0.1) is 15.7 Å². The molecule has 0 radical (unpaired) electrons. The molecule has 188 valence electrons. The Morgan fingerprint density at radius 1 is 1.17 bits per heavy atom. The van der Waals surface area contributed by atoms with E-state index in [0.717, 1.165) is 49.9 Å². The normalized spacial score (nSPS) is 21.5. The third-order valence-corrected chi connectivity index (χ3v) is 7.35. The fourth-order valence-electron chi connectivity index (χ4n) is 4.67. The number of halogens is 2. The van der Waals surface area contributed by atoms with Gasteiger partial charge >= 0.3 is 0 Å². The number of aryl methyl sites for hydroxylation is 1. The van der Waals surface area contributed by atoms with E-state index in [1.807, 2.05) is 13.0 Å². The number of aromatic nitrogens is 2. The summed E-state index contributed by atoms with van der Waals surface area (Å²) in [6, 6.07) is 5.66. The van der Waals surface area contributed by atoms with Crippen LogP contribution in [-0.4, -0.2) is 47.4 Å². The number of nitrogens with two attached hydrogens (primary N) is 1. The smallest absolute Gasteiger partial charge is 0.224 e. The first kappa shape index (κ1) is 25.5. The first-order chi connectivity index (χ1) is 16.9. The van der Waals surface area contributed by atoms with Gasteiger partial charge < -0.3 is 21.1 Å². The van der Waals surface area contributed by atoms with E-state index in [9.17, 15) is 4.79 Å². The number of nitrogens with one attached hydrogen (secondary N) is 2. The Morgan fingerprint density at radius 3 is 2.51 bits per heavy atom. The highest BCUT2D eigenvalue weighted by Crippen LogP contribution is 2.39. The number of amides is 1. The lowest BCUT2D eigenvalue weighted by atomic mass is 9.85. The first-order valence-electron chi connectivity index (χ1n) is 11.9. The van der Waals surface area contributed by atoms with Gasteiger partial charge in [0.2, 0.25) is 17.8 Å². The number of rotatable bonds is 6. The van der Waals surface area contributed by atoms with Crippen LogP contribution < -0.4 is 16.4 Å². The Kier molecular flexibility index (Phi) is 8.30. The van der Waals surface area contributed by atoms with Crippen molar-refractivity contribution in [2.24, 2.45) is 21.6 Å². The topological polar surface area (TPSA) is 119 Å². The number of imidazole rings is 1. The predicted octanol–water partition coefficient (Wildman–Crippen LogP) is 4.92. The van der Waals surface area contributed by atoms with Gasteiger partial charge in [-0.1, -0.05) is 23.2 Å². The summed E-state index contributed by atoms with van der Waals surface area (Å²) in [4.78, 5) is 25.5. The summed E-state index contributed by atoms with van der Waals surface area (Å²) in [7, 11) is 0. The second-order valence-corrected chi connectivity index (χ2v) is 9.82. The highest BCUT2D eigenvalue weighted by molar-refractivity contribution is 6.42. The minimum absolute atomic E-state index is 0.0879. The summed E-state index contributed by atoms with van der Waals surface area (Å²) in [5.74, 6) is 1.44. The van der Waals surface area contributed by atoms with E-state index in [1.54, 1.807) is 12.1 Å². The Labute approximate surface area is 215 Å². The molecule has 1 aliphatic heterocycles. The molecule has 0 unspecified atom stereocenters. The first-order valence-corrected chi connectivity index (χ1v) is 12.6. The van der Waals surface area contributed by atoms with Crippen LogP contribution in [0.15, 0.2) is 28.2 Å². The summed E-state index contributed by atoms with van der Waals surface area (Å²) < 4.78 is 7.54. The average Bonchev–Trinajstić information content (AvgIpc) is 3.15. The van der Waals surface area contributed by atoms with Crippen molar-refractivity contribution in [1.82, 2.24) is 14.9 Å². The Bertz CT molecular complexity index is 1100. The molecule has 2 aliphatic rings. The molecule has 0 atom stereocenters. The molecule has 35 heavy (non-hydrogen) atoms. The molecule has 1 aromatic heterocycles. The standard InChI is InChI=1S/C24H31Cl2N7O2/c1-14-22(32-23(28-2)30-16-9-11-35-12-10-16)33(18-6-3-15(4-7-18)21(27)34)24(29-14)31-17-5-8-19(25)20(26)13-17/h5,8,13,15-16,18H,2-4,6-7,9-12H2,1H3,(H2,27,34)(H,29,31)(H,30,32)/t15-,18+. The highest BCUT2D eigenvalue weighted by Gasteiger charge is 2.30. The van der Waals surface area contributed by atoms with E-state index in [-0.39, 0.29) is 23.9 Å². The van der Waals surface area contributed by atoms with E-state index in [4.69, 9.17) is 43.6 Å². The molecule has 0 spiro atoms. The zero-order valence-corrected chi connectivity index (χ0v) is 21.3.